The van der Waals surface area contributed by atoms with E-state index in [4.69, 9.17) is 4.74 Å². The van der Waals surface area contributed by atoms with Gasteiger partial charge in [0, 0.05) is 43.5 Å². The van der Waals surface area contributed by atoms with E-state index in [9.17, 15) is 14.4 Å². The van der Waals surface area contributed by atoms with Crippen LogP contribution in [0.3, 0.4) is 0 Å². The number of hydrogen-bond donors (Lipinski definition) is 3. The molecule has 3 N–H and O–H groups in total. The fraction of sp³-hybridized carbons (Fsp3) is 0.345. The average Bonchev–Trinajstić information content (AvgIpc) is 3.14. The molecule has 1 atom stereocenters. The van der Waals surface area contributed by atoms with E-state index >= 15 is 0 Å². The Hall–Kier alpha value is -4.67. The number of aryl methyl sites for hydroxylation is 1. The molecule has 208 valence electrons. The van der Waals surface area contributed by atoms with E-state index in [-0.39, 0.29) is 29.2 Å². The first-order valence-electron chi connectivity index (χ1n) is 13.4. The van der Waals surface area contributed by atoms with Gasteiger partial charge in [-0.1, -0.05) is 13.3 Å². The summed E-state index contributed by atoms with van der Waals surface area (Å²) in [6, 6.07) is 12.3. The van der Waals surface area contributed by atoms with Crippen LogP contribution in [0.25, 0.3) is 11.0 Å². The Morgan fingerprint density at radius 2 is 1.98 bits per heavy atom. The zero-order chi connectivity index (χ0) is 28.2. The molecule has 40 heavy (non-hydrogen) atoms. The number of H-pyrrole nitrogens is 1. The number of nitrogens with one attached hydrogen (secondary N) is 3. The highest BCUT2D eigenvalue weighted by Crippen LogP contribution is 2.27. The number of hydrogen-bond acceptors (Lipinski definition) is 7. The Kier molecular flexibility index (Phi) is 7.81. The highest BCUT2D eigenvalue weighted by Gasteiger charge is 2.26. The number of imidazole rings is 1. The number of rotatable bonds is 10. The maximum atomic E-state index is 13.1. The molecule has 4 aromatic rings. The number of carbonyl (C=O) groups is 2. The molecule has 5 rings (SSSR count). The topological polar surface area (TPSA) is 134 Å². The summed E-state index contributed by atoms with van der Waals surface area (Å²) in [5, 5.41) is 6.35. The van der Waals surface area contributed by atoms with Crippen LogP contribution in [0.1, 0.15) is 47.8 Å². The van der Waals surface area contributed by atoms with Crippen molar-refractivity contribution in [1.29, 1.82) is 0 Å². The molecule has 0 saturated heterocycles. The highest BCUT2D eigenvalue weighted by atomic mass is 16.5. The summed E-state index contributed by atoms with van der Waals surface area (Å²) in [4.78, 5) is 51.3. The van der Waals surface area contributed by atoms with Crippen molar-refractivity contribution in [3.63, 3.8) is 0 Å². The number of amides is 2. The minimum atomic E-state index is -0.265. The third-order valence-electron chi connectivity index (χ3n) is 7.35. The summed E-state index contributed by atoms with van der Waals surface area (Å²) in [7, 11) is 3.31. The van der Waals surface area contributed by atoms with Gasteiger partial charge in [-0.05, 0) is 61.2 Å². The Balaban J connectivity index is 1.24. The van der Waals surface area contributed by atoms with Gasteiger partial charge in [-0.25, -0.2) is 19.6 Å². The van der Waals surface area contributed by atoms with Crippen molar-refractivity contribution in [2.75, 3.05) is 30.8 Å². The number of aromatic nitrogens is 4. The van der Waals surface area contributed by atoms with Crippen LogP contribution >= 0.6 is 0 Å². The monoisotopic (exact) mass is 543 g/mol. The third kappa shape index (κ3) is 5.54. The quantitative estimate of drug-likeness (QED) is 0.258. The smallest absolute Gasteiger partial charge is 0.326 e. The Bertz CT molecular complexity index is 1610. The van der Waals surface area contributed by atoms with Crippen LogP contribution in [0.4, 0.5) is 16.3 Å². The molecule has 0 saturated carbocycles. The van der Waals surface area contributed by atoms with Gasteiger partial charge in [0.25, 0.3) is 0 Å². The molecule has 3 heterocycles. The van der Waals surface area contributed by atoms with E-state index in [0.29, 0.717) is 36.4 Å². The normalized spacial score (nSPS) is 13.9. The summed E-state index contributed by atoms with van der Waals surface area (Å²) >= 11 is 0. The number of aromatic amines is 1. The number of carbonyl (C=O) groups excluding carboxylic acids is 2. The molecule has 0 bridgehead atoms. The zero-order valence-corrected chi connectivity index (χ0v) is 22.9. The van der Waals surface area contributed by atoms with Crippen molar-refractivity contribution in [3.05, 3.63) is 76.1 Å². The molecular weight excluding hydrogens is 510 g/mol. The first-order valence-corrected chi connectivity index (χ1v) is 13.4. The van der Waals surface area contributed by atoms with Gasteiger partial charge in [-0.3, -0.25) is 9.36 Å². The summed E-state index contributed by atoms with van der Waals surface area (Å²) in [6.45, 7) is 3.29. The van der Waals surface area contributed by atoms with E-state index in [2.05, 4.69) is 32.5 Å². The predicted molar refractivity (Wildman–Crippen MR) is 153 cm³/mol. The van der Waals surface area contributed by atoms with Crippen LogP contribution in [0.15, 0.2) is 53.6 Å². The maximum absolute atomic E-state index is 13.1. The summed E-state index contributed by atoms with van der Waals surface area (Å²) in [5.41, 5.74) is 3.62. The Morgan fingerprint density at radius 1 is 1.12 bits per heavy atom. The van der Waals surface area contributed by atoms with Gasteiger partial charge in [0.05, 0.1) is 18.1 Å². The number of methoxy groups -OCH3 is 1. The average molecular weight is 544 g/mol. The lowest BCUT2D eigenvalue weighted by Crippen LogP contribution is -2.43. The number of ether oxygens (including phenoxy) is 1. The second kappa shape index (κ2) is 11.6. The number of urea groups is 1. The molecule has 0 fully saturated rings. The fourth-order valence-electron chi connectivity index (χ4n) is 5.16. The van der Waals surface area contributed by atoms with E-state index in [0.717, 1.165) is 41.8 Å². The number of benzene rings is 2. The van der Waals surface area contributed by atoms with Gasteiger partial charge in [0.2, 0.25) is 5.78 Å². The van der Waals surface area contributed by atoms with Crippen LogP contribution in [-0.2, 0) is 13.5 Å². The fourth-order valence-corrected chi connectivity index (χ4v) is 5.16. The Labute approximate surface area is 231 Å². The van der Waals surface area contributed by atoms with Crippen molar-refractivity contribution in [3.8, 4) is 5.75 Å². The number of anilines is 2. The lowest BCUT2D eigenvalue weighted by atomic mass is 10.1. The molecule has 11 heteroatoms. The standard InChI is InChI=1S/C29H33N7O4/c1-4-5-20(36-13-11-18-14-21(40-3)7-8-22(18)33-29(36)39)10-12-30-26-16-24(31-17-32-26)27(37)19-6-9-25-23(15-19)34-28(38)35(25)2/h6-9,14-17,20H,4-5,10-13H2,1-3H3,(H,33,39)(H,34,38)(H,30,31,32). The largest absolute Gasteiger partial charge is 0.497 e. The summed E-state index contributed by atoms with van der Waals surface area (Å²) in [6.07, 6.45) is 4.62. The van der Waals surface area contributed by atoms with Crippen LogP contribution in [0.5, 0.6) is 5.75 Å². The lowest BCUT2D eigenvalue weighted by molar-refractivity contribution is 0.103. The maximum Gasteiger partial charge on any atom is 0.326 e. The molecule has 1 unspecified atom stereocenters. The highest BCUT2D eigenvalue weighted by molar-refractivity contribution is 6.09. The van der Waals surface area contributed by atoms with Crippen molar-refractivity contribution >= 4 is 34.4 Å². The predicted octanol–water partition coefficient (Wildman–Crippen LogP) is 3.96. The van der Waals surface area contributed by atoms with Crippen LogP contribution in [-0.4, -0.2) is 62.5 Å². The lowest BCUT2D eigenvalue weighted by Gasteiger charge is -2.30. The first kappa shape index (κ1) is 26.9. The van der Waals surface area contributed by atoms with Crippen molar-refractivity contribution in [2.45, 2.75) is 38.6 Å². The zero-order valence-electron chi connectivity index (χ0n) is 22.9. The summed E-state index contributed by atoms with van der Waals surface area (Å²) in [5.74, 6) is 1.04. The first-order chi connectivity index (χ1) is 19.4. The van der Waals surface area contributed by atoms with Crippen LogP contribution in [0, 0.1) is 0 Å². The van der Waals surface area contributed by atoms with Gasteiger partial charge >= 0.3 is 11.7 Å². The van der Waals surface area contributed by atoms with Crippen molar-refractivity contribution in [2.24, 2.45) is 7.05 Å². The van der Waals surface area contributed by atoms with Gasteiger partial charge in [-0.2, -0.15) is 0 Å². The third-order valence-corrected chi connectivity index (χ3v) is 7.35. The molecule has 11 nitrogen and oxygen atoms in total. The van der Waals surface area contributed by atoms with Crippen LogP contribution < -0.4 is 21.1 Å². The molecule has 2 amide bonds. The summed E-state index contributed by atoms with van der Waals surface area (Å²) < 4.78 is 6.84. The number of fused-ring (bicyclic) bond motifs is 2. The second-order valence-electron chi connectivity index (χ2n) is 9.89. The minimum absolute atomic E-state index is 0.0383. The minimum Gasteiger partial charge on any atom is -0.497 e. The van der Waals surface area contributed by atoms with E-state index in [1.165, 1.54) is 10.9 Å². The van der Waals surface area contributed by atoms with E-state index in [1.807, 2.05) is 23.1 Å². The molecule has 1 aliphatic heterocycles. The van der Waals surface area contributed by atoms with Crippen molar-refractivity contribution in [1.82, 2.24) is 24.4 Å². The Morgan fingerprint density at radius 3 is 2.77 bits per heavy atom. The molecule has 0 radical (unpaired) electrons. The molecule has 0 spiro atoms. The van der Waals surface area contributed by atoms with Gasteiger partial charge in [0.1, 0.15) is 23.6 Å². The van der Waals surface area contributed by atoms with Crippen LogP contribution in [0.2, 0.25) is 0 Å². The van der Waals surface area contributed by atoms with Gasteiger partial charge < -0.3 is 25.3 Å². The van der Waals surface area contributed by atoms with E-state index in [1.54, 1.807) is 38.4 Å². The molecule has 2 aromatic carbocycles. The van der Waals surface area contributed by atoms with Gasteiger partial charge in [0.15, 0.2) is 0 Å². The number of nitrogens with zero attached hydrogens (tertiary/aromatic N) is 4. The molecular formula is C29H33N7O4. The van der Waals surface area contributed by atoms with Gasteiger partial charge in [-0.15, -0.1) is 0 Å². The SMILES string of the molecule is CCCC(CCNc1cc(C(=O)c2ccc3c(c2)[nH]c(=O)n3C)ncn1)N1CCc2cc(OC)ccc2NC1=O. The molecule has 1 aliphatic rings. The second-order valence-corrected chi connectivity index (χ2v) is 9.89. The van der Waals surface area contributed by atoms with E-state index < -0.39 is 0 Å². The van der Waals surface area contributed by atoms with Crippen molar-refractivity contribution < 1.29 is 14.3 Å². The molecule has 0 aliphatic carbocycles. The number of ketones is 1. The molecule has 2 aromatic heterocycles.